The van der Waals surface area contributed by atoms with Crippen molar-refractivity contribution in [2.45, 2.75) is 6.92 Å². The Morgan fingerprint density at radius 3 is 2.71 bits per heavy atom. The lowest BCUT2D eigenvalue weighted by Gasteiger charge is -2.02. The van der Waals surface area contributed by atoms with Crippen molar-refractivity contribution >= 4 is 22.5 Å². The molecule has 0 aromatic heterocycles. The molecule has 0 spiro atoms. The van der Waals surface area contributed by atoms with Crippen LogP contribution < -0.4 is 0 Å². The van der Waals surface area contributed by atoms with Gasteiger partial charge in [-0.1, -0.05) is 24.3 Å². The van der Waals surface area contributed by atoms with Crippen molar-refractivity contribution in [3.05, 3.63) is 42.0 Å². The largest absolute Gasteiger partial charge is 0.240 e. The summed E-state index contributed by atoms with van der Waals surface area (Å²) in [5.41, 5.74) is 1.69. The molecule has 2 nitrogen and oxygen atoms in total. The smallest absolute Gasteiger partial charge is 0.211 e. The fourth-order valence-corrected chi connectivity index (χ4v) is 1.50. The summed E-state index contributed by atoms with van der Waals surface area (Å²) in [5.74, 6) is 0. The molecule has 67 valence electrons. The predicted octanol–water partition coefficient (Wildman–Crippen LogP) is 2.92. The van der Waals surface area contributed by atoms with E-state index in [4.69, 9.17) is 0 Å². The highest BCUT2D eigenvalue weighted by Crippen LogP contribution is 2.27. The lowest BCUT2D eigenvalue weighted by atomic mass is 10.0. The SMILES string of the molecule is Cc1c[c]c(N=C=O)c2ccccc12. The van der Waals surface area contributed by atoms with Gasteiger partial charge in [-0.3, -0.25) is 0 Å². The quantitative estimate of drug-likeness (QED) is 0.492. The molecule has 0 N–H and O–H groups in total. The molecule has 2 heteroatoms. The number of hydrogen-bond acceptors (Lipinski definition) is 2. The van der Waals surface area contributed by atoms with Crippen molar-refractivity contribution in [2.75, 3.05) is 0 Å². The zero-order chi connectivity index (χ0) is 9.97. The van der Waals surface area contributed by atoms with Gasteiger partial charge in [-0.15, -0.1) is 0 Å². The van der Waals surface area contributed by atoms with Gasteiger partial charge in [0, 0.05) is 11.5 Å². The van der Waals surface area contributed by atoms with Gasteiger partial charge in [-0.2, -0.15) is 4.99 Å². The number of isocyanates is 1. The monoisotopic (exact) mass is 182 g/mol. The van der Waals surface area contributed by atoms with Gasteiger partial charge < -0.3 is 0 Å². The minimum absolute atomic E-state index is 0.557. The molecule has 0 saturated heterocycles. The van der Waals surface area contributed by atoms with Gasteiger partial charge in [0.15, 0.2) is 0 Å². The average molecular weight is 182 g/mol. The fraction of sp³-hybridized carbons (Fsp3) is 0.0833. The number of hydrogen-bond donors (Lipinski definition) is 0. The molecule has 0 bridgehead atoms. The van der Waals surface area contributed by atoms with Crippen LogP contribution in [0, 0.1) is 13.0 Å². The minimum atomic E-state index is 0.557. The first-order valence-corrected chi connectivity index (χ1v) is 4.31. The van der Waals surface area contributed by atoms with E-state index in [1.54, 1.807) is 0 Å². The topological polar surface area (TPSA) is 29.4 Å². The molecule has 0 aliphatic rings. The van der Waals surface area contributed by atoms with Crippen molar-refractivity contribution in [1.82, 2.24) is 0 Å². The first-order chi connectivity index (χ1) is 6.83. The van der Waals surface area contributed by atoms with E-state index in [0.717, 1.165) is 16.3 Å². The second-order valence-corrected chi connectivity index (χ2v) is 3.07. The van der Waals surface area contributed by atoms with E-state index < -0.39 is 0 Å². The molecule has 2 rings (SSSR count). The van der Waals surface area contributed by atoms with Crippen molar-refractivity contribution in [3.63, 3.8) is 0 Å². The molecule has 1 radical (unpaired) electrons. The van der Waals surface area contributed by atoms with E-state index in [2.05, 4.69) is 11.1 Å². The first kappa shape index (κ1) is 8.67. The van der Waals surface area contributed by atoms with Crippen LogP contribution in [0.1, 0.15) is 5.56 Å². The van der Waals surface area contributed by atoms with Gasteiger partial charge in [-0.05, 0) is 23.9 Å². The van der Waals surface area contributed by atoms with E-state index in [-0.39, 0.29) is 0 Å². The molecule has 0 heterocycles. The van der Waals surface area contributed by atoms with Crippen molar-refractivity contribution in [1.29, 1.82) is 0 Å². The van der Waals surface area contributed by atoms with Gasteiger partial charge in [0.2, 0.25) is 6.08 Å². The number of aryl methyl sites for hydroxylation is 1. The van der Waals surface area contributed by atoms with Gasteiger partial charge in [0.1, 0.15) is 0 Å². The normalized spacial score (nSPS) is 9.79. The fourth-order valence-electron chi connectivity index (χ4n) is 1.50. The molecule has 2 aromatic rings. The van der Waals surface area contributed by atoms with E-state index in [1.165, 1.54) is 6.08 Å². The molecular weight excluding hydrogens is 174 g/mol. The Balaban J connectivity index is 2.88. The van der Waals surface area contributed by atoms with Crippen LogP contribution in [0.3, 0.4) is 0 Å². The van der Waals surface area contributed by atoms with E-state index in [1.807, 2.05) is 37.3 Å². The maximum atomic E-state index is 10.2. The molecule has 0 unspecified atom stereocenters. The van der Waals surface area contributed by atoms with Crippen molar-refractivity contribution in [3.8, 4) is 0 Å². The predicted molar refractivity (Wildman–Crippen MR) is 55.3 cm³/mol. The summed E-state index contributed by atoms with van der Waals surface area (Å²) in [5, 5.41) is 2.04. The number of benzene rings is 2. The Kier molecular flexibility index (Phi) is 2.13. The van der Waals surface area contributed by atoms with Crippen LogP contribution in [0.5, 0.6) is 0 Å². The molecule has 0 saturated carbocycles. The molecule has 0 aliphatic carbocycles. The molecule has 2 aromatic carbocycles. The Morgan fingerprint density at radius 2 is 2.00 bits per heavy atom. The van der Waals surface area contributed by atoms with E-state index in [0.29, 0.717) is 5.69 Å². The van der Waals surface area contributed by atoms with Crippen LogP contribution in [0.4, 0.5) is 5.69 Å². The highest BCUT2D eigenvalue weighted by molar-refractivity contribution is 5.94. The lowest BCUT2D eigenvalue weighted by Crippen LogP contribution is -1.78. The third kappa shape index (κ3) is 1.32. The third-order valence-electron chi connectivity index (χ3n) is 2.19. The molecule has 14 heavy (non-hydrogen) atoms. The van der Waals surface area contributed by atoms with E-state index in [9.17, 15) is 4.79 Å². The standard InChI is InChI=1S/C12H8NO/c1-9-6-7-12(13-8-14)11-5-3-2-4-10(9)11/h2-6H,1H3. The zero-order valence-corrected chi connectivity index (χ0v) is 7.74. The second-order valence-electron chi connectivity index (χ2n) is 3.07. The van der Waals surface area contributed by atoms with Crippen molar-refractivity contribution < 1.29 is 4.79 Å². The van der Waals surface area contributed by atoms with Gasteiger partial charge >= 0.3 is 0 Å². The van der Waals surface area contributed by atoms with E-state index >= 15 is 0 Å². The maximum Gasteiger partial charge on any atom is 0.240 e. The van der Waals surface area contributed by atoms with Crippen LogP contribution in [0.25, 0.3) is 10.8 Å². The van der Waals surface area contributed by atoms with Gasteiger partial charge in [0.25, 0.3) is 0 Å². The van der Waals surface area contributed by atoms with Crippen LogP contribution in [-0.4, -0.2) is 6.08 Å². The van der Waals surface area contributed by atoms with Gasteiger partial charge in [0.05, 0.1) is 5.69 Å². The number of fused-ring (bicyclic) bond motifs is 1. The molecule has 0 aliphatic heterocycles. The Bertz CT molecular complexity index is 525. The number of rotatable bonds is 1. The second kappa shape index (κ2) is 3.44. The van der Waals surface area contributed by atoms with Crippen molar-refractivity contribution in [2.24, 2.45) is 4.99 Å². The first-order valence-electron chi connectivity index (χ1n) is 4.31. The summed E-state index contributed by atoms with van der Waals surface area (Å²) in [6.45, 7) is 2.01. The van der Waals surface area contributed by atoms with Crippen LogP contribution >= 0.6 is 0 Å². The summed E-state index contributed by atoms with van der Waals surface area (Å²) in [6.07, 6.45) is 1.54. The summed E-state index contributed by atoms with van der Waals surface area (Å²) < 4.78 is 0. The van der Waals surface area contributed by atoms with Crippen LogP contribution in [-0.2, 0) is 4.79 Å². The summed E-state index contributed by atoms with van der Waals surface area (Å²) in [7, 11) is 0. The highest BCUT2D eigenvalue weighted by atomic mass is 16.1. The van der Waals surface area contributed by atoms with Crippen LogP contribution in [0.2, 0.25) is 0 Å². The molecule has 0 atom stereocenters. The third-order valence-corrected chi connectivity index (χ3v) is 2.19. The minimum Gasteiger partial charge on any atom is -0.211 e. The summed E-state index contributed by atoms with van der Waals surface area (Å²) >= 11 is 0. The Labute approximate surface area is 81.9 Å². The maximum absolute atomic E-state index is 10.2. The highest BCUT2D eigenvalue weighted by Gasteiger charge is 2.01. The summed E-state index contributed by atoms with van der Waals surface area (Å²) in [6, 6.07) is 12.6. The molecular formula is C12H8NO. The Morgan fingerprint density at radius 1 is 1.29 bits per heavy atom. The van der Waals surface area contributed by atoms with Gasteiger partial charge in [-0.25, -0.2) is 4.79 Å². The lowest BCUT2D eigenvalue weighted by molar-refractivity contribution is 0.565. The average Bonchev–Trinajstić information content (AvgIpc) is 2.23. The molecule has 0 fully saturated rings. The molecule has 0 amide bonds. The zero-order valence-electron chi connectivity index (χ0n) is 7.74. The number of nitrogens with zero attached hydrogens (tertiary/aromatic N) is 1. The summed E-state index contributed by atoms with van der Waals surface area (Å²) in [4.78, 5) is 13.8. The Hall–Kier alpha value is -1.92. The number of carbonyl (C=O) groups excluding carboxylic acids is 1. The van der Waals surface area contributed by atoms with Crippen LogP contribution in [0.15, 0.2) is 35.3 Å². The number of aliphatic imine (C=N–C) groups is 1.